The van der Waals surface area contributed by atoms with Crippen molar-refractivity contribution < 1.29 is 20.1 Å². The average Bonchev–Trinajstić information content (AvgIpc) is 3.01. The first-order chi connectivity index (χ1) is 13.4. The molecular weight excluding hydrogens is 352 g/mol. The second kappa shape index (κ2) is 14.2. The summed E-state index contributed by atoms with van der Waals surface area (Å²) < 4.78 is 0. The van der Waals surface area contributed by atoms with Crippen molar-refractivity contribution in [3.8, 4) is 0 Å². The molecule has 1 saturated carbocycles. The molecule has 1 aliphatic carbocycles. The van der Waals surface area contributed by atoms with Gasteiger partial charge >= 0.3 is 5.97 Å². The summed E-state index contributed by atoms with van der Waals surface area (Å²) in [6.45, 7) is 4.37. The predicted octanol–water partition coefficient (Wildman–Crippen LogP) is 6.00. The number of aliphatic hydroxyl groups is 2. The molecule has 0 bridgehead atoms. The molecule has 0 aromatic heterocycles. The van der Waals surface area contributed by atoms with Crippen LogP contribution in [0.3, 0.4) is 0 Å². The molecule has 1 rings (SSSR count). The Morgan fingerprint density at radius 2 is 1.71 bits per heavy atom. The summed E-state index contributed by atoms with van der Waals surface area (Å²) >= 11 is 0. The molecule has 0 aromatic rings. The molecule has 4 heteroatoms. The average molecular weight is 397 g/mol. The third-order valence-electron chi connectivity index (χ3n) is 6.31. The molecule has 1 aliphatic rings. The Labute approximate surface area is 172 Å². The Morgan fingerprint density at radius 1 is 1.04 bits per heavy atom. The molecule has 0 saturated heterocycles. The fraction of sp³-hybridized carbons (Fsp3) is 0.875. The largest absolute Gasteiger partial charge is 0.481 e. The summed E-state index contributed by atoms with van der Waals surface area (Å²) in [4.78, 5) is 10.6. The van der Waals surface area contributed by atoms with Crippen LogP contribution in [0.5, 0.6) is 0 Å². The van der Waals surface area contributed by atoms with E-state index in [1.165, 1.54) is 18.4 Å². The SMILES string of the molecule is CCCCCC(O)(CC=C1CC[C@@H](O)[C@@H]1CCCCCCC(=O)O)CCCC. The molecule has 0 amide bonds. The van der Waals surface area contributed by atoms with E-state index in [0.29, 0.717) is 6.42 Å². The smallest absolute Gasteiger partial charge is 0.303 e. The topological polar surface area (TPSA) is 77.8 Å². The molecule has 1 fully saturated rings. The summed E-state index contributed by atoms with van der Waals surface area (Å²) in [5.41, 5.74) is 0.746. The van der Waals surface area contributed by atoms with Gasteiger partial charge in [0, 0.05) is 12.3 Å². The number of rotatable bonds is 16. The van der Waals surface area contributed by atoms with Crippen molar-refractivity contribution in [1.29, 1.82) is 0 Å². The summed E-state index contributed by atoms with van der Waals surface area (Å²) in [6, 6.07) is 0. The molecule has 164 valence electrons. The van der Waals surface area contributed by atoms with Crippen LogP contribution >= 0.6 is 0 Å². The maximum absolute atomic E-state index is 11.1. The summed E-state index contributed by atoms with van der Waals surface area (Å²) in [6.07, 6.45) is 16.8. The molecule has 0 aromatic carbocycles. The second-order valence-electron chi connectivity index (χ2n) is 8.83. The van der Waals surface area contributed by atoms with Gasteiger partial charge in [0.15, 0.2) is 0 Å². The normalized spacial score (nSPS) is 23.2. The maximum atomic E-state index is 11.1. The van der Waals surface area contributed by atoms with Crippen LogP contribution in [0.1, 0.15) is 117 Å². The van der Waals surface area contributed by atoms with Gasteiger partial charge in [-0.2, -0.15) is 0 Å². The molecule has 0 aliphatic heterocycles. The first-order valence-corrected chi connectivity index (χ1v) is 11.7. The Kier molecular flexibility index (Phi) is 12.7. The number of aliphatic carboxylic acids is 1. The van der Waals surface area contributed by atoms with Gasteiger partial charge in [-0.1, -0.05) is 76.9 Å². The molecule has 4 nitrogen and oxygen atoms in total. The molecule has 0 heterocycles. The fourth-order valence-electron chi connectivity index (χ4n) is 4.43. The Morgan fingerprint density at radius 3 is 2.39 bits per heavy atom. The van der Waals surface area contributed by atoms with Crippen molar-refractivity contribution in [3.05, 3.63) is 11.6 Å². The second-order valence-corrected chi connectivity index (χ2v) is 8.83. The lowest BCUT2D eigenvalue weighted by molar-refractivity contribution is -0.137. The zero-order valence-electron chi connectivity index (χ0n) is 18.3. The molecular formula is C24H44O4. The van der Waals surface area contributed by atoms with Crippen LogP contribution in [0.15, 0.2) is 11.6 Å². The number of carboxylic acid groups (broad SMARTS) is 1. The fourth-order valence-corrected chi connectivity index (χ4v) is 4.43. The van der Waals surface area contributed by atoms with Gasteiger partial charge in [-0.3, -0.25) is 4.79 Å². The molecule has 3 atom stereocenters. The number of hydrogen-bond donors (Lipinski definition) is 3. The zero-order valence-corrected chi connectivity index (χ0v) is 18.3. The highest BCUT2D eigenvalue weighted by atomic mass is 16.4. The van der Waals surface area contributed by atoms with Crippen LogP contribution in [0.2, 0.25) is 0 Å². The Balaban J connectivity index is 2.53. The molecule has 0 radical (unpaired) electrons. The highest BCUT2D eigenvalue weighted by Crippen LogP contribution is 2.37. The first kappa shape index (κ1) is 25.2. The van der Waals surface area contributed by atoms with Crippen LogP contribution in [-0.4, -0.2) is 33.0 Å². The van der Waals surface area contributed by atoms with Gasteiger partial charge in [0.1, 0.15) is 0 Å². The van der Waals surface area contributed by atoms with Gasteiger partial charge in [-0.05, 0) is 44.9 Å². The minimum Gasteiger partial charge on any atom is -0.481 e. The molecule has 28 heavy (non-hydrogen) atoms. The molecule has 0 spiro atoms. The van der Waals surface area contributed by atoms with Crippen molar-refractivity contribution in [2.24, 2.45) is 5.92 Å². The van der Waals surface area contributed by atoms with E-state index < -0.39 is 11.6 Å². The van der Waals surface area contributed by atoms with Crippen LogP contribution < -0.4 is 0 Å². The van der Waals surface area contributed by atoms with Gasteiger partial charge in [-0.15, -0.1) is 0 Å². The number of aliphatic hydroxyl groups excluding tert-OH is 1. The molecule has 1 unspecified atom stereocenters. The summed E-state index contributed by atoms with van der Waals surface area (Å²) in [5.74, 6) is -0.489. The lowest BCUT2D eigenvalue weighted by Gasteiger charge is -2.28. The van der Waals surface area contributed by atoms with Gasteiger partial charge in [0.05, 0.1) is 11.7 Å². The molecule has 3 N–H and O–H groups in total. The number of unbranched alkanes of at least 4 members (excludes halogenated alkanes) is 6. The van der Waals surface area contributed by atoms with Crippen LogP contribution in [-0.2, 0) is 4.79 Å². The maximum Gasteiger partial charge on any atom is 0.303 e. The van der Waals surface area contributed by atoms with Gasteiger partial charge in [-0.25, -0.2) is 0 Å². The van der Waals surface area contributed by atoms with E-state index in [0.717, 1.165) is 77.0 Å². The highest BCUT2D eigenvalue weighted by Gasteiger charge is 2.31. The van der Waals surface area contributed by atoms with E-state index in [-0.39, 0.29) is 18.4 Å². The third kappa shape index (κ3) is 10.1. The van der Waals surface area contributed by atoms with Crippen LogP contribution in [0, 0.1) is 5.92 Å². The lowest BCUT2D eigenvalue weighted by atomic mass is 9.85. The van der Waals surface area contributed by atoms with Crippen molar-refractivity contribution in [1.82, 2.24) is 0 Å². The van der Waals surface area contributed by atoms with Crippen molar-refractivity contribution in [2.75, 3.05) is 0 Å². The third-order valence-corrected chi connectivity index (χ3v) is 6.31. The number of carboxylic acids is 1. The van der Waals surface area contributed by atoms with E-state index in [4.69, 9.17) is 5.11 Å². The van der Waals surface area contributed by atoms with E-state index >= 15 is 0 Å². The Hall–Kier alpha value is -0.870. The number of hydrogen-bond acceptors (Lipinski definition) is 3. The lowest BCUT2D eigenvalue weighted by Crippen LogP contribution is -2.28. The van der Waals surface area contributed by atoms with Gasteiger partial charge in [0.25, 0.3) is 0 Å². The van der Waals surface area contributed by atoms with Crippen molar-refractivity contribution in [3.63, 3.8) is 0 Å². The first-order valence-electron chi connectivity index (χ1n) is 11.7. The van der Waals surface area contributed by atoms with E-state index in [9.17, 15) is 15.0 Å². The predicted molar refractivity (Wildman–Crippen MR) is 115 cm³/mol. The van der Waals surface area contributed by atoms with Crippen LogP contribution in [0.4, 0.5) is 0 Å². The highest BCUT2D eigenvalue weighted by molar-refractivity contribution is 5.66. The monoisotopic (exact) mass is 396 g/mol. The zero-order chi connectivity index (χ0) is 20.8. The van der Waals surface area contributed by atoms with E-state index in [1.54, 1.807) is 0 Å². The van der Waals surface area contributed by atoms with E-state index in [2.05, 4.69) is 19.9 Å². The Bertz CT molecular complexity index is 460. The van der Waals surface area contributed by atoms with Crippen LogP contribution in [0.25, 0.3) is 0 Å². The van der Waals surface area contributed by atoms with Gasteiger partial charge in [0.2, 0.25) is 0 Å². The minimum absolute atomic E-state index is 0.227. The van der Waals surface area contributed by atoms with Crippen molar-refractivity contribution >= 4 is 5.97 Å². The quantitative estimate of drug-likeness (QED) is 0.221. The van der Waals surface area contributed by atoms with E-state index in [1.807, 2.05) is 0 Å². The summed E-state index contributed by atoms with van der Waals surface area (Å²) in [5, 5.41) is 30.2. The number of carbonyl (C=O) groups is 1. The van der Waals surface area contributed by atoms with Crippen molar-refractivity contribution in [2.45, 2.75) is 128 Å². The summed E-state index contributed by atoms with van der Waals surface area (Å²) in [7, 11) is 0. The minimum atomic E-state index is -0.717. The van der Waals surface area contributed by atoms with Gasteiger partial charge < -0.3 is 15.3 Å². The standard InChI is InChI=1S/C24H44O4/c1-3-5-11-18-24(28,17-6-4-2)19-16-20-14-15-22(25)21(20)12-9-7-8-10-13-23(26)27/h16,21-22,25,28H,3-15,17-19H2,1-2H3,(H,26,27)/t21-,22-,24?/m1/s1.